The molecule has 0 spiro atoms. The van der Waals surface area contributed by atoms with Crippen LogP contribution in [0.5, 0.6) is 11.5 Å². The summed E-state index contributed by atoms with van der Waals surface area (Å²) in [5.41, 5.74) is 2.24. The average Bonchev–Trinajstić information content (AvgIpc) is 3.16. The van der Waals surface area contributed by atoms with Gasteiger partial charge in [-0.05, 0) is 64.3 Å². The molecule has 3 aromatic carbocycles. The summed E-state index contributed by atoms with van der Waals surface area (Å²) in [6.45, 7) is 10.9. The maximum atomic E-state index is 13.5. The van der Waals surface area contributed by atoms with Crippen LogP contribution in [0.1, 0.15) is 45.2 Å². The van der Waals surface area contributed by atoms with E-state index < -0.39 is 0 Å². The van der Waals surface area contributed by atoms with Crippen molar-refractivity contribution in [1.29, 1.82) is 0 Å². The Morgan fingerprint density at radius 3 is 1.64 bits per heavy atom. The van der Waals surface area contributed by atoms with Crippen molar-refractivity contribution in [2.75, 3.05) is 96.0 Å². The van der Waals surface area contributed by atoms with Crippen LogP contribution in [0.4, 0.5) is 5.69 Å². The Morgan fingerprint density at radius 1 is 0.698 bits per heavy atom. The zero-order valence-electron chi connectivity index (χ0n) is 30.8. The summed E-state index contributed by atoms with van der Waals surface area (Å²) in [5.74, 6) is 2.82. The fraction of sp³-hybridized carbons (Fsp3) is 0.436. The molecule has 1 N–H and O–H groups in total. The number of anilines is 1. The van der Waals surface area contributed by atoms with Gasteiger partial charge in [-0.2, -0.15) is 0 Å². The van der Waals surface area contributed by atoms with Crippen molar-refractivity contribution in [3.8, 4) is 11.5 Å². The molecule has 0 amide bonds. The summed E-state index contributed by atoms with van der Waals surface area (Å²) in [4.78, 5) is 40.5. The Morgan fingerprint density at radius 2 is 1.17 bits per heavy atom. The van der Waals surface area contributed by atoms with Crippen LogP contribution in [0.2, 0.25) is 0 Å². The first kappa shape index (κ1) is 39.5. The molecule has 286 valence electrons. The first-order valence-electron chi connectivity index (χ1n) is 17.6. The maximum Gasteiger partial charge on any atom is 0.280 e. The van der Waals surface area contributed by atoms with Crippen LogP contribution in [0, 0.1) is 0 Å². The summed E-state index contributed by atoms with van der Waals surface area (Å²) < 4.78 is 14.3. The minimum atomic E-state index is -0.237. The number of alkyl halides is 1. The molecule has 5 aromatic rings. The van der Waals surface area contributed by atoms with E-state index in [1.54, 1.807) is 23.6 Å². The lowest BCUT2D eigenvalue weighted by molar-refractivity contribution is 0.282. The van der Waals surface area contributed by atoms with Gasteiger partial charge < -0.3 is 34.6 Å². The molecular formula is C39H54BrN9O4. The highest BCUT2D eigenvalue weighted by atomic mass is 79.9. The lowest BCUT2D eigenvalue weighted by Gasteiger charge is -2.36. The summed E-state index contributed by atoms with van der Waals surface area (Å²) in [6, 6.07) is 20.4. The summed E-state index contributed by atoms with van der Waals surface area (Å²) in [5, 5.41) is 8.97. The van der Waals surface area contributed by atoms with Crippen LogP contribution in [-0.2, 0) is 0 Å². The fourth-order valence-corrected chi connectivity index (χ4v) is 6.87. The molecule has 0 saturated carbocycles. The van der Waals surface area contributed by atoms with Gasteiger partial charge in [-0.25, -0.2) is 19.3 Å². The molecule has 4 heterocycles. The van der Waals surface area contributed by atoms with Crippen molar-refractivity contribution in [2.24, 2.45) is 0 Å². The van der Waals surface area contributed by atoms with Gasteiger partial charge in [0.2, 0.25) is 0 Å². The second-order valence-corrected chi connectivity index (χ2v) is 14.6. The van der Waals surface area contributed by atoms with Gasteiger partial charge in [-0.1, -0.05) is 47.6 Å². The van der Waals surface area contributed by atoms with Gasteiger partial charge in [-0.15, -0.1) is 0 Å². The molecule has 0 radical (unpaired) electrons. The smallest absolute Gasteiger partial charge is 0.280 e. The van der Waals surface area contributed by atoms with Gasteiger partial charge in [0.05, 0.1) is 52.6 Å². The lowest BCUT2D eigenvalue weighted by Crippen LogP contribution is -2.54. The van der Waals surface area contributed by atoms with Crippen molar-refractivity contribution in [2.45, 2.75) is 32.1 Å². The Kier molecular flexibility index (Phi) is 13.0. The second kappa shape index (κ2) is 17.4. The van der Waals surface area contributed by atoms with E-state index in [1.165, 1.54) is 0 Å². The summed E-state index contributed by atoms with van der Waals surface area (Å²) >= 11 is 3.57. The third kappa shape index (κ3) is 8.61. The number of aromatic nitrogens is 4. The van der Waals surface area contributed by atoms with Crippen molar-refractivity contribution < 1.29 is 10.9 Å². The SMILES string of the molecule is C.CC(Br)c1nc2ccccc2c(=O)n1N1CCN(C)CC1.COc1ccc(NC(C)c2nc3ccccc3c(=O)n2N2CCN(C)CC2)c(OC)c1.[2HH]. The maximum absolute atomic E-state index is 13.5. The van der Waals surface area contributed by atoms with Gasteiger partial charge in [0.15, 0.2) is 5.82 Å². The lowest BCUT2D eigenvalue weighted by atomic mass is 10.2. The van der Waals surface area contributed by atoms with Crippen LogP contribution in [0.25, 0.3) is 21.8 Å². The third-order valence-electron chi connectivity index (χ3n) is 9.61. The quantitative estimate of drug-likeness (QED) is 0.212. The number of piperazine rings is 2. The van der Waals surface area contributed by atoms with Crippen molar-refractivity contribution in [1.82, 2.24) is 29.1 Å². The number of likely N-dealkylation sites (N-methyl/N-ethyl adjacent to an activating group) is 2. The molecule has 0 aliphatic carbocycles. The number of hydrogen-bond acceptors (Lipinski definition) is 11. The molecule has 2 unspecified atom stereocenters. The first-order chi connectivity index (χ1) is 25.1. The molecule has 2 aromatic heterocycles. The van der Waals surface area contributed by atoms with E-state index in [4.69, 9.17) is 19.4 Å². The third-order valence-corrected chi connectivity index (χ3v) is 10.0. The number of para-hydroxylation sites is 2. The zero-order valence-corrected chi connectivity index (χ0v) is 32.3. The zero-order chi connectivity index (χ0) is 36.9. The molecular weight excluding hydrogens is 738 g/mol. The number of ether oxygens (including phenoxy) is 2. The minimum Gasteiger partial charge on any atom is -0.497 e. The van der Waals surface area contributed by atoms with E-state index >= 15 is 0 Å². The monoisotopic (exact) mass is 792 g/mol. The standard InChI is InChI=1S/C23H29N5O3.C15H19BrN4O.CH4.H2/c1-16(24-20-10-9-17(30-3)15-21(20)31-4)22-25-19-8-6-5-7-18(19)23(29)28(22)27-13-11-26(2)12-14-27;1-11(16)14-17-13-6-4-3-5-12(13)15(21)20(14)19-9-7-18(2)8-10-19;;/h5-10,15-16,24H,11-14H2,1-4H3;3-6,11H,7-10H2,1-2H3;1H4;1H/i;;;1+1. The molecule has 53 heavy (non-hydrogen) atoms. The molecule has 13 nitrogen and oxygen atoms in total. The highest BCUT2D eigenvalue weighted by Gasteiger charge is 2.25. The molecule has 2 saturated heterocycles. The van der Waals surface area contributed by atoms with Crippen LogP contribution in [0.15, 0.2) is 76.3 Å². The summed E-state index contributed by atoms with van der Waals surface area (Å²) in [7, 11) is 7.45. The van der Waals surface area contributed by atoms with E-state index in [0.29, 0.717) is 33.6 Å². The normalized spacial score (nSPS) is 16.4. The van der Waals surface area contributed by atoms with Crippen LogP contribution in [0.3, 0.4) is 0 Å². The van der Waals surface area contributed by atoms with E-state index in [2.05, 4.69) is 55.2 Å². The van der Waals surface area contributed by atoms with Gasteiger partial charge >= 0.3 is 0 Å². The predicted octanol–water partition coefficient (Wildman–Crippen LogP) is 5.09. The molecule has 2 fully saturated rings. The molecule has 0 bridgehead atoms. The number of methoxy groups -OCH3 is 2. The Balaban J connectivity index is 0.000000248. The molecule has 14 heteroatoms. The van der Waals surface area contributed by atoms with Crippen LogP contribution in [-0.4, -0.2) is 110 Å². The van der Waals surface area contributed by atoms with E-state index in [0.717, 1.165) is 69.4 Å². The Bertz CT molecular complexity index is 2130. The number of fused-ring (bicyclic) bond motifs is 2. The van der Waals surface area contributed by atoms with Crippen LogP contribution < -0.4 is 35.9 Å². The van der Waals surface area contributed by atoms with E-state index in [1.807, 2.05) is 80.6 Å². The number of nitrogens with zero attached hydrogens (tertiary/aromatic N) is 8. The fourth-order valence-electron chi connectivity index (χ4n) is 6.57. The number of nitrogens with one attached hydrogen (secondary N) is 1. The molecule has 2 aliphatic heterocycles. The predicted molar refractivity (Wildman–Crippen MR) is 221 cm³/mol. The summed E-state index contributed by atoms with van der Waals surface area (Å²) in [6.07, 6.45) is 0. The average molecular weight is 794 g/mol. The largest absolute Gasteiger partial charge is 0.497 e. The van der Waals surface area contributed by atoms with Crippen LogP contribution >= 0.6 is 15.9 Å². The molecule has 2 atom stereocenters. The number of benzene rings is 3. The number of hydrogen-bond donors (Lipinski definition) is 1. The molecule has 2 aliphatic rings. The van der Waals surface area contributed by atoms with E-state index in [9.17, 15) is 9.59 Å². The van der Waals surface area contributed by atoms with Gasteiger partial charge in [0, 0.05) is 59.9 Å². The van der Waals surface area contributed by atoms with Crippen molar-refractivity contribution >= 4 is 43.4 Å². The minimum absolute atomic E-state index is 0. The van der Waals surface area contributed by atoms with E-state index in [-0.39, 0.29) is 30.8 Å². The highest BCUT2D eigenvalue weighted by molar-refractivity contribution is 9.09. The van der Waals surface area contributed by atoms with Crippen molar-refractivity contribution in [3.63, 3.8) is 0 Å². The Hall–Kier alpha value is -4.66. The van der Waals surface area contributed by atoms with Gasteiger partial charge in [0.1, 0.15) is 17.3 Å². The first-order valence-corrected chi connectivity index (χ1v) is 18.5. The van der Waals surface area contributed by atoms with Gasteiger partial charge in [-0.3, -0.25) is 9.59 Å². The molecule has 7 rings (SSSR count). The number of halogens is 1. The van der Waals surface area contributed by atoms with Crippen molar-refractivity contribution in [3.05, 3.63) is 99.1 Å². The van der Waals surface area contributed by atoms with Gasteiger partial charge in [0.25, 0.3) is 11.1 Å². The topological polar surface area (TPSA) is 113 Å². The highest BCUT2D eigenvalue weighted by Crippen LogP contribution is 2.32. The number of rotatable bonds is 8. The second-order valence-electron chi connectivity index (χ2n) is 13.3. The Labute approximate surface area is 321 Å².